The summed E-state index contributed by atoms with van der Waals surface area (Å²) in [7, 11) is 0. The molecule has 0 saturated carbocycles. The third-order valence-corrected chi connectivity index (χ3v) is 3.04. The maximum absolute atomic E-state index is 10.9. The van der Waals surface area contributed by atoms with Crippen LogP contribution in [-0.4, -0.2) is 36.0 Å². The summed E-state index contributed by atoms with van der Waals surface area (Å²) in [5.74, 6) is -0.891. The molecule has 2 N–H and O–H groups in total. The molecule has 0 saturated heterocycles. The van der Waals surface area contributed by atoms with Crippen molar-refractivity contribution in [3.63, 3.8) is 0 Å². The number of rotatable bonds is 4. The molecule has 0 fully saturated rings. The molecule has 21 heavy (non-hydrogen) atoms. The number of nitrogens with one attached hydrogen (secondary N) is 1. The SMILES string of the molecule is CCCc1ccnc(-c2nc3nc(C(=O)O)ncc3[nH]2)c1. The highest BCUT2D eigenvalue weighted by Gasteiger charge is 2.12. The van der Waals surface area contributed by atoms with Crippen LogP contribution in [0, 0.1) is 0 Å². The molecule has 3 aromatic rings. The molecule has 0 aliphatic carbocycles. The lowest BCUT2D eigenvalue weighted by molar-refractivity contribution is 0.0684. The first-order valence-corrected chi connectivity index (χ1v) is 6.58. The molecular weight excluding hydrogens is 270 g/mol. The molecule has 0 aliphatic heterocycles. The quantitative estimate of drug-likeness (QED) is 0.759. The van der Waals surface area contributed by atoms with Gasteiger partial charge in [0.15, 0.2) is 11.5 Å². The van der Waals surface area contributed by atoms with Crippen LogP contribution in [0.4, 0.5) is 0 Å². The lowest BCUT2D eigenvalue weighted by atomic mass is 10.1. The number of hydrogen-bond donors (Lipinski definition) is 2. The number of nitrogens with zero attached hydrogens (tertiary/aromatic N) is 4. The molecule has 7 nitrogen and oxygen atoms in total. The van der Waals surface area contributed by atoms with Gasteiger partial charge in [0.05, 0.1) is 6.20 Å². The average molecular weight is 283 g/mol. The molecule has 0 spiro atoms. The minimum absolute atomic E-state index is 0.270. The summed E-state index contributed by atoms with van der Waals surface area (Å²) in [5, 5.41) is 8.89. The van der Waals surface area contributed by atoms with Gasteiger partial charge in [-0.05, 0) is 24.1 Å². The number of H-pyrrole nitrogens is 1. The Balaban J connectivity index is 2.04. The van der Waals surface area contributed by atoms with E-state index in [9.17, 15) is 4.79 Å². The van der Waals surface area contributed by atoms with Crippen molar-refractivity contribution in [3.8, 4) is 11.5 Å². The minimum atomic E-state index is -1.18. The van der Waals surface area contributed by atoms with Crippen LogP contribution in [0.1, 0.15) is 29.5 Å². The third kappa shape index (κ3) is 2.58. The van der Waals surface area contributed by atoms with Gasteiger partial charge in [-0.3, -0.25) is 4.98 Å². The van der Waals surface area contributed by atoms with Gasteiger partial charge in [0.1, 0.15) is 11.2 Å². The highest BCUT2D eigenvalue weighted by atomic mass is 16.4. The Morgan fingerprint density at radius 1 is 1.33 bits per heavy atom. The molecule has 0 unspecified atom stereocenters. The van der Waals surface area contributed by atoms with E-state index in [0.29, 0.717) is 22.7 Å². The largest absolute Gasteiger partial charge is 0.475 e. The zero-order chi connectivity index (χ0) is 14.8. The second kappa shape index (κ2) is 5.28. The van der Waals surface area contributed by atoms with Gasteiger partial charge in [-0.2, -0.15) is 0 Å². The first kappa shape index (κ1) is 13.2. The second-order valence-electron chi connectivity index (χ2n) is 4.62. The van der Waals surface area contributed by atoms with Crippen molar-refractivity contribution in [1.82, 2.24) is 24.9 Å². The Kier molecular flexibility index (Phi) is 3.31. The van der Waals surface area contributed by atoms with E-state index < -0.39 is 5.97 Å². The molecule has 106 valence electrons. The summed E-state index contributed by atoms with van der Waals surface area (Å²) in [6.45, 7) is 2.12. The number of aromatic amines is 1. The van der Waals surface area contributed by atoms with E-state index in [1.165, 1.54) is 11.8 Å². The number of pyridine rings is 1. The van der Waals surface area contributed by atoms with Crippen molar-refractivity contribution in [2.75, 3.05) is 0 Å². The van der Waals surface area contributed by atoms with Gasteiger partial charge in [0.25, 0.3) is 0 Å². The predicted octanol–water partition coefficient (Wildman–Crippen LogP) is 2.07. The van der Waals surface area contributed by atoms with Gasteiger partial charge in [-0.15, -0.1) is 0 Å². The molecule has 3 heterocycles. The van der Waals surface area contributed by atoms with E-state index >= 15 is 0 Å². The van der Waals surface area contributed by atoms with Gasteiger partial charge in [-0.1, -0.05) is 13.3 Å². The highest BCUT2D eigenvalue weighted by molar-refractivity contribution is 5.86. The van der Waals surface area contributed by atoms with Gasteiger partial charge in [0.2, 0.25) is 5.82 Å². The number of carbonyl (C=O) groups is 1. The topological polar surface area (TPSA) is 105 Å². The predicted molar refractivity (Wildman–Crippen MR) is 75.9 cm³/mol. The van der Waals surface area contributed by atoms with E-state index in [2.05, 4.69) is 31.8 Å². The summed E-state index contributed by atoms with van der Waals surface area (Å²) in [6, 6.07) is 3.94. The van der Waals surface area contributed by atoms with Crippen molar-refractivity contribution >= 4 is 17.1 Å². The van der Waals surface area contributed by atoms with Crippen LogP contribution in [0.5, 0.6) is 0 Å². The Morgan fingerprint density at radius 3 is 2.95 bits per heavy atom. The number of aromatic nitrogens is 5. The van der Waals surface area contributed by atoms with Crippen LogP contribution in [-0.2, 0) is 6.42 Å². The van der Waals surface area contributed by atoms with Crippen LogP contribution in [0.15, 0.2) is 24.5 Å². The number of carboxylic acid groups (broad SMARTS) is 1. The van der Waals surface area contributed by atoms with Crippen LogP contribution >= 0.6 is 0 Å². The monoisotopic (exact) mass is 283 g/mol. The maximum Gasteiger partial charge on any atom is 0.374 e. The Morgan fingerprint density at radius 2 is 2.19 bits per heavy atom. The average Bonchev–Trinajstić information content (AvgIpc) is 2.91. The number of carboxylic acids is 1. The molecule has 0 aliphatic rings. The van der Waals surface area contributed by atoms with Gasteiger partial charge in [0, 0.05) is 6.20 Å². The smallest absolute Gasteiger partial charge is 0.374 e. The number of fused-ring (bicyclic) bond motifs is 1. The summed E-state index contributed by atoms with van der Waals surface area (Å²) in [6.07, 6.45) is 5.18. The fourth-order valence-corrected chi connectivity index (χ4v) is 2.08. The Hall–Kier alpha value is -2.83. The molecule has 7 heteroatoms. The molecule has 3 aromatic heterocycles. The molecule has 3 rings (SSSR count). The fraction of sp³-hybridized carbons (Fsp3) is 0.214. The number of imidazole rings is 1. The van der Waals surface area contributed by atoms with Crippen molar-refractivity contribution < 1.29 is 9.90 Å². The van der Waals surface area contributed by atoms with Crippen LogP contribution in [0.2, 0.25) is 0 Å². The lowest BCUT2D eigenvalue weighted by Crippen LogP contribution is -2.03. The van der Waals surface area contributed by atoms with Crippen LogP contribution < -0.4 is 0 Å². The molecule has 0 radical (unpaired) electrons. The van der Waals surface area contributed by atoms with Crippen molar-refractivity contribution in [2.45, 2.75) is 19.8 Å². The summed E-state index contributed by atoms with van der Waals surface area (Å²) in [5.41, 5.74) is 2.79. The maximum atomic E-state index is 10.9. The van der Waals surface area contributed by atoms with E-state index in [-0.39, 0.29) is 5.82 Å². The molecular formula is C14H13N5O2. The fourth-order valence-electron chi connectivity index (χ4n) is 2.08. The Labute approximate surface area is 120 Å². The molecule has 0 atom stereocenters. The molecule has 0 bridgehead atoms. The zero-order valence-electron chi connectivity index (χ0n) is 11.4. The molecule has 0 aromatic carbocycles. The van der Waals surface area contributed by atoms with E-state index in [1.54, 1.807) is 6.20 Å². The second-order valence-corrected chi connectivity index (χ2v) is 4.62. The Bertz CT molecular complexity index is 812. The highest BCUT2D eigenvalue weighted by Crippen LogP contribution is 2.18. The zero-order valence-corrected chi connectivity index (χ0v) is 11.4. The summed E-state index contributed by atoms with van der Waals surface area (Å²) < 4.78 is 0. The van der Waals surface area contributed by atoms with Gasteiger partial charge >= 0.3 is 5.97 Å². The number of aromatic carboxylic acids is 1. The summed E-state index contributed by atoms with van der Waals surface area (Å²) in [4.78, 5) is 30.2. The third-order valence-electron chi connectivity index (χ3n) is 3.04. The van der Waals surface area contributed by atoms with E-state index in [1.807, 2.05) is 12.1 Å². The van der Waals surface area contributed by atoms with Gasteiger partial charge in [-0.25, -0.2) is 19.7 Å². The van der Waals surface area contributed by atoms with Crippen molar-refractivity contribution in [1.29, 1.82) is 0 Å². The van der Waals surface area contributed by atoms with Crippen molar-refractivity contribution in [2.24, 2.45) is 0 Å². The number of hydrogen-bond acceptors (Lipinski definition) is 5. The van der Waals surface area contributed by atoms with Crippen LogP contribution in [0.3, 0.4) is 0 Å². The van der Waals surface area contributed by atoms with E-state index in [4.69, 9.17) is 5.11 Å². The minimum Gasteiger partial charge on any atom is -0.475 e. The lowest BCUT2D eigenvalue weighted by Gasteiger charge is -2.00. The summed E-state index contributed by atoms with van der Waals surface area (Å²) >= 11 is 0. The van der Waals surface area contributed by atoms with E-state index in [0.717, 1.165) is 12.8 Å². The normalized spacial score (nSPS) is 10.9. The van der Waals surface area contributed by atoms with Crippen molar-refractivity contribution in [3.05, 3.63) is 35.9 Å². The first-order chi connectivity index (χ1) is 10.2. The standard InChI is InChI=1S/C14H13N5O2/c1-2-3-8-4-5-15-9(6-8)11-17-10-7-16-13(14(20)21)19-12(10)18-11/h4-7H,2-3H2,1H3,(H,20,21)(H,16,17,18,19). The number of aryl methyl sites for hydroxylation is 1. The van der Waals surface area contributed by atoms with Gasteiger partial charge < -0.3 is 10.1 Å². The first-order valence-electron chi connectivity index (χ1n) is 6.58. The molecule has 0 amide bonds. The van der Waals surface area contributed by atoms with Crippen LogP contribution in [0.25, 0.3) is 22.7 Å².